The number of aromatic nitrogens is 1. The summed E-state index contributed by atoms with van der Waals surface area (Å²) in [5.74, 6) is -1.17. The molecule has 0 saturated heterocycles. The molecule has 2 heterocycles. The highest BCUT2D eigenvalue weighted by Crippen LogP contribution is 2.28. The zero-order valence-corrected chi connectivity index (χ0v) is 12.4. The number of rotatable bonds is 4. The van der Waals surface area contributed by atoms with Gasteiger partial charge in [0.15, 0.2) is 0 Å². The molecule has 0 aliphatic rings. The molecule has 1 aromatic carbocycles. The van der Waals surface area contributed by atoms with Gasteiger partial charge in [0.25, 0.3) is 0 Å². The first kappa shape index (κ1) is 13.8. The molecule has 0 amide bonds. The van der Waals surface area contributed by atoms with E-state index in [9.17, 15) is 14.7 Å². The summed E-state index contributed by atoms with van der Waals surface area (Å²) in [4.78, 5) is 23.9. The van der Waals surface area contributed by atoms with Crippen LogP contribution in [0.15, 0.2) is 34.6 Å². The monoisotopic (exact) mass is 301 g/mol. The number of fused-ring (bicyclic) bond motifs is 3. The lowest BCUT2D eigenvalue weighted by Gasteiger charge is -2.12. The number of aryl methyl sites for hydroxylation is 1. The first-order valence-corrected chi connectivity index (χ1v) is 7.78. The van der Waals surface area contributed by atoms with Gasteiger partial charge in [-0.2, -0.15) is 0 Å². The van der Waals surface area contributed by atoms with Gasteiger partial charge in [-0.15, -0.1) is 11.3 Å². The van der Waals surface area contributed by atoms with Crippen LogP contribution < -0.4 is 5.43 Å². The zero-order valence-electron chi connectivity index (χ0n) is 11.6. The smallest absolute Gasteiger partial charge is 0.341 e. The second-order valence-corrected chi connectivity index (χ2v) is 5.94. The number of benzene rings is 1. The fraction of sp³-hybridized carbons (Fsp3) is 0.250. The standard InChI is InChI=1S/C16H15NO3S/c1-2-3-7-17-9-11(16(19)20)14(18)13-12(17)5-4-10-6-8-21-15(10)13/h4-6,8-9H,2-3,7H2,1H3,(H,19,20). The summed E-state index contributed by atoms with van der Waals surface area (Å²) in [5, 5.41) is 12.7. The van der Waals surface area contributed by atoms with E-state index < -0.39 is 11.4 Å². The molecule has 0 fully saturated rings. The SMILES string of the molecule is CCCCn1cc(C(=O)O)c(=O)c2c3sccc3ccc21. The molecule has 3 aromatic rings. The lowest BCUT2D eigenvalue weighted by molar-refractivity contribution is 0.0695. The maximum atomic E-state index is 12.5. The summed E-state index contributed by atoms with van der Waals surface area (Å²) in [6.07, 6.45) is 3.43. The molecule has 0 bridgehead atoms. The molecular formula is C16H15NO3S. The van der Waals surface area contributed by atoms with Crippen molar-refractivity contribution in [1.82, 2.24) is 4.57 Å². The van der Waals surface area contributed by atoms with Crippen LogP contribution in [0, 0.1) is 0 Å². The molecule has 0 unspecified atom stereocenters. The van der Waals surface area contributed by atoms with Crippen LogP contribution in [0.3, 0.4) is 0 Å². The van der Waals surface area contributed by atoms with E-state index in [0.29, 0.717) is 11.9 Å². The zero-order chi connectivity index (χ0) is 15.0. The second-order valence-electron chi connectivity index (χ2n) is 5.02. The lowest BCUT2D eigenvalue weighted by Crippen LogP contribution is -2.19. The Morgan fingerprint density at radius 2 is 2.14 bits per heavy atom. The van der Waals surface area contributed by atoms with Gasteiger partial charge in [-0.05, 0) is 29.3 Å². The van der Waals surface area contributed by atoms with Crippen molar-refractivity contribution < 1.29 is 9.90 Å². The van der Waals surface area contributed by atoms with Gasteiger partial charge in [0.2, 0.25) is 5.43 Å². The second kappa shape index (κ2) is 5.33. The Hall–Kier alpha value is -2.14. The minimum absolute atomic E-state index is 0.153. The third kappa shape index (κ3) is 2.23. The van der Waals surface area contributed by atoms with E-state index in [-0.39, 0.29) is 5.56 Å². The molecule has 0 aliphatic heterocycles. The van der Waals surface area contributed by atoms with Crippen molar-refractivity contribution in [1.29, 1.82) is 0 Å². The van der Waals surface area contributed by atoms with Gasteiger partial charge in [-0.3, -0.25) is 4.79 Å². The summed E-state index contributed by atoms with van der Waals surface area (Å²) in [6.45, 7) is 2.80. The fourth-order valence-corrected chi connectivity index (χ4v) is 3.50. The Labute approximate surface area is 125 Å². The number of hydrogen-bond acceptors (Lipinski definition) is 3. The van der Waals surface area contributed by atoms with Crippen LogP contribution in [0.5, 0.6) is 0 Å². The van der Waals surface area contributed by atoms with Gasteiger partial charge in [-0.1, -0.05) is 19.4 Å². The van der Waals surface area contributed by atoms with Gasteiger partial charge in [-0.25, -0.2) is 4.79 Å². The minimum atomic E-state index is -1.17. The fourth-order valence-electron chi connectivity index (χ4n) is 2.57. The number of carboxylic acid groups (broad SMARTS) is 1. The van der Waals surface area contributed by atoms with Gasteiger partial charge in [0.1, 0.15) is 5.56 Å². The lowest BCUT2D eigenvalue weighted by atomic mass is 10.1. The minimum Gasteiger partial charge on any atom is -0.477 e. The molecule has 0 radical (unpaired) electrons. The predicted molar refractivity (Wildman–Crippen MR) is 85.5 cm³/mol. The van der Waals surface area contributed by atoms with Gasteiger partial charge in [0.05, 0.1) is 10.9 Å². The van der Waals surface area contributed by atoms with E-state index in [1.165, 1.54) is 17.5 Å². The van der Waals surface area contributed by atoms with Crippen LogP contribution in [0.4, 0.5) is 0 Å². The maximum absolute atomic E-state index is 12.5. The summed E-state index contributed by atoms with van der Waals surface area (Å²) < 4.78 is 2.76. The Bertz CT molecular complexity index is 892. The third-order valence-electron chi connectivity index (χ3n) is 3.65. The molecule has 0 spiro atoms. The first-order chi connectivity index (χ1) is 10.1. The Kier molecular flexibility index (Phi) is 3.51. The molecule has 5 heteroatoms. The van der Waals surface area contributed by atoms with Crippen LogP contribution >= 0.6 is 11.3 Å². The summed E-state index contributed by atoms with van der Waals surface area (Å²) >= 11 is 1.48. The van der Waals surface area contributed by atoms with Crippen LogP contribution in [-0.4, -0.2) is 15.6 Å². The topological polar surface area (TPSA) is 59.3 Å². The van der Waals surface area contributed by atoms with Crippen LogP contribution in [0.2, 0.25) is 0 Å². The highest BCUT2D eigenvalue weighted by atomic mass is 32.1. The Morgan fingerprint density at radius 3 is 2.86 bits per heavy atom. The normalized spacial score (nSPS) is 11.3. The van der Waals surface area contributed by atoms with E-state index in [1.54, 1.807) is 0 Å². The van der Waals surface area contributed by atoms with Crippen molar-refractivity contribution in [3.63, 3.8) is 0 Å². The maximum Gasteiger partial charge on any atom is 0.341 e. The number of unbranched alkanes of at least 4 members (excludes halogenated alkanes) is 1. The third-order valence-corrected chi connectivity index (χ3v) is 4.60. The Balaban J connectivity index is 2.43. The quantitative estimate of drug-likeness (QED) is 0.799. The molecule has 0 atom stereocenters. The number of thiophene rings is 1. The molecule has 108 valence electrons. The van der Waals surface area contributed by atoms with Crippen LogP contribution in [0.25, 0.3) is 21.0 Å². The molecule has 2 aromatic heterocycles. The number of aromatic carboxylic acids is 1. The van der Waals surface area contributed by atoms with E-state index in [0.717, 1.165) is 28.4 Å². The van der Waals surface area contributed by atoms with Crippen molar-refractivity contribution >= 4 is 38.3 Å². The van der Waals surface area contributed by atoms with Crippen LogP contribution in [-0.2, 0) is 6.54 Å². The van der Waals surface area contributed by atoms with Crippen LogP contribution in [0.1, 0.15) is 30.1 Å². The summed E-state index contributed by atoms with van der Waals surface area (Å²) in [6, 6.07) is 5.84. The highest BCUT2D eigenvalue weighted by Gasteiger charge is 2.16. The van der Waals surface area contributed by atoms with E-state index >= 15 is 0 Å². The van der Waals surface area contributed by atoms with E-state index in [1.807, 2.05) is 28.1 Å². The van der Waals surface area contributed by atoms with Crippen molar-refractivity contribution in [3.8, 4) is 0 Å². The van der Waals surface area contributed by atoms with Crippen molar-refractivity contribution in [2.24, 2.45) is 0 Å². The van der Waals surface area contributed by atoms with Crippen molar-refractivity contribution in [3.05, 3.63) is 45.6 Å². The number of carboxylic acids is 1. The average Bonchev–Trinajstić information content (AvgIpc) is 2.94. The molecule has 0 saturated carbocycles. The highest BCUT2D eigenvalue weighted by molar-refractivity contribution is 7.18. The molecule has 21 heavy (non-hydrogen) atoms. The number of carbonyl (C=O) groups is 1. The Morgan fingerprint density at radius 1 is 1.33 bits per heavy atom. The summed E-state index contributed by atoms with van der Waals surface area (Å²) in [5.41, 5.74) is 0.270. The molecule has 0 aliphatic carbocycles. The van der Waals surface area contributed by atoms with E-state index in [4.69, 9.17) is 0 Å². The first-order valence-electron chi connectivity index (χ1n) is 6.90. The van der Waals surface area contributed by atoms with Crippen molar-refractivity contribution in [2.45, 2.75) is 26.3 Å². The van der Waals surface area contributed by atoms with E-state index in [2.05, 4.69) is 6.92 Å². The molecular weight excluding hydrogens is 286 g/mol. The predicted octanol–water partition coefficient (Wildman–Crippen LogP) is 3.71. The molecule has 3 rings (SSSR count). The average molecular weight is 301 g/mol. The van der Waals surface area contributed by atoms with Gasteiger partial charge >= 0.3 is 5.97 Å². The molecule has 4 nitrogen and oxygen atoms in total. The molecule has 1 N–H and O–H groups in total. The summed E-state index contributed by atoms with van der Waals surface area (Å²) in [7, 11) is 0. The number of hydrogen-bond donors (Lipinski definition) is 1. The number of nitrogens with zero attached hydrogens (tertiary/aromatic N) is 1. The van der Waals surface area contributed by atoms with Gasteiger partial charge in [0, 0.05) is 17.4 Å². The number of pyridine rings is 1. The largest absolute Gasteiger partial charge is 0.477 e. The van der Waals surface area contributed by atoms with Gasteiger partial charge < -0.3 is 9.67 Å². The van der Waals surface area contributed by atoms with Crippen molar-refractivity contribution in [2.75, 3.05) is 0 Å².